The molecule has 0 bridgehead atoms. The van der Waals surface area contributed by atoms with Crippen LogP contribution in [-0.4, -0.2) is 18.4 Å². The minimum absolute atomic E-state index is 0. The molecule has 0 aliphatic heterocycles. The van der Waals surface area contributed by atoms with E-state index in [1.807, 2.05) is 0 Å². The van der Waals surface area contributed by atoms with Gasteiger partial charge >= 0.3 is 12.9 Å². The SMILES string of the molecule is O=COC=O.[OH]. The first-order valence-corrected chi connectivity index (χ1v) is 0.943. The molecule has 35 valence electrons. The average molecular weight is 91.0 g/mol. The van der Waals surface area contributed by atoms with Crippen LogP contribution < -0.4 is 0 Å². The third-order valence-corrected chi connectivity index (χ3v) is 0.111. The average Bonchev–Trinajstić information content (AvgIpc) is 1.41. The first-order chi connectivity index (χ1) is 2.41. The molecule has 0 aliphatic rings. The molecule has 0 amide bonds. The van der Waals surface area contributed by atoms with E-state index < -0.39 is 0 Å². The quantitative estimate of drug-likeness (QED) is 0.355. The molecule has 0 saturated carbocycles. The highest BCUT2D eigenvalue weighted by Crippen LogP contribution is 1.40. The van der Waals surface area contributed by atoms with Gasteiger partial charge in [0.1, 0.15) is 0 Å². The van der Waals surface area contributed by atoms with E-state index in [4.69, 9.17) is 9.59 Å². The van der Waals surface area contributed by atoms with Crippen LogP contribution in [0.4, 0.5) is 0 Å². The second-order valence-corrected chi connectivity index (χ2v) is 0.329. The van der Waals surface area contributed by atoms with Gasteiger partial charge in [-0.1, -0.05) is 0 Å². The number of carbonyl (C=O) groups excluding carboxylic acids is 2. The van der Waals surface area contributed by atoms with Crippen LogP contribution in [0.25, 0.3) is 0 Å². The van der Waals surface area contributed by atoms with E-state index in [0.717, 1.165) is 0 Å². The molecule has 0 rings (SSSR count). The van der Waals surface area contributed by atoms with Gasteiger partial charge in [-0.05, 0) is 0 Å². The number of hydrogen-bond acceptors (Lipinski definition) is 3. The van der Waals surface area contributed by atoms with Gasteiger partial charge in [0.25, 0.3) is 0 Å². The van der Waals surface area contributed by atoms with Gasteiger partial charge < -0.3 is 4.74 Å². The second kappa shape index (κ2) is 8.93. The molecule has 4 nitrogen and oxygen atoms in total. The highest BCUT2D eigenvalue weighted by molar-refractivity contribution is 5.55. The van der Waals surface area contributed by atoms with E-state index in [2.05, 4.69) is 4.74 Å². The van der Waals surface area contributed by atoms with E-state index in [1.165, 1.54) is 0 Å². The fourth-order valence-corrected chi connectivity index (χ4v) is 0.0227. The fraction of sp³-hybridized carbons (Fsp3) is 0. The number of rotatable bonds is 2. The molecular formula is C2H3O4. The molecule has 1 N–H and O–H groups in total. The van der Waals surface area contributed by atoms with Crippen molar-refractivity contribution in [2.24, 2.45) is 0 Å². The normalized spacial score (nSPS) is 4.67. The second-order valence-electron chi connectivity index (χ2n) is 0.329. The van der Waals surface area contributed by atoms with Crippen molar-refractivity contribution in [3.8, 4) is 0 Å². The van der Waals surface area contributed by atoms with Crippen molar-refractivity contribution >= 4 is 12.9 Å². The molecule has 0 aromatic carbocycles. The largest absolute Gasteiger partial charge is 0.398 e. The maximum absolute atomic E-state index is 8.95. The van der Waals surface area contributed by atoms with Crippen LogP contribution in [-0.2, 0) is 14.3 Å². The topological polar surface area (TPSA) is 73.4 Å². The minimum atomic E-state index is 0. The maximum Gasteiger partial charge on any atom is 0.300 e. The van der Waals surface area contributed by atoms with Crippen LogP contribution in [0.15, 0.2) is 0 Å². The molecule has 0 fully saturated rings. The first-order valence-electron chi connectivity index (χ1n) is 0.943. The Morgan fingerprint density at radius 2 is 1.50 bits per heavy atom. The summed E-state index contributed by atoms with van der Waals surface area (Å²) in [6, 6.07) is 0. The summed E-state index contributed by atoms with van der Waals surface area (Å²) in [5.74, 6) is 0. The molecule has 0 atom stereocenters. The van der Waals surface area contributed by atoms with Gasteiger partial charge in [0.15, 0.2) is 0 Å². The molecule has 0 aromatic heterocycles. The highest BCUT2D eigenvalue weighted by Gasteiger charge is 1.58. The minimum Gasteiger partial charge on any atom is -0.398 e. The van der Waals surface area contributed by atoms with Crippen LogP contribution in [0.1, 0.15) is 0 Å². The summed E-state index contributed by atoms with van der Waals surface area (Å²) in [6.45, 7) is 0.125. The van der Waals surface area contributed by atoms with Crippen molar-refractivity contribution in [2.75, 3.05) is 0 Å². The Labute approximate surface area is 34.0 Å². The summed E-state index contributed by atoms with van der Waals surface area (Å²) in [5.41, 5.74) is 0. The zero-order valence-electron chi connectivity index (χ0n) is 2.83. The van der Waals surface area contributed by atoms with Crippen LogP contribution in [0.2, 0.25) is 0 Å². The van der Waals surface area contributed by atoms with Crippen molar-refractivity contribution in [3.63, 3.8) is 0 Å². The maximum atomic E-state index is 8.95. The molecule has 1 radical (unpaired) electrons. The lowest BCUT2D eigenvalue weighted by atomic mass is 11.5. The Balaban J connectivity index is 0. The van der Waals surface area contributed by atoms with Crippen molar-refractivity contribution in [2.45, 2.75) is 0 Å². The Bertz CT molecular complexity index is 34.8. The van der Waals surface area contributed by atoms with Crippen molar-refractivity contribution in [1.82, 2.24) is 0 Å². The molecule has 0 saturated heterocycles. The van der Waals surface area contributed by atoms with Crippen molar-refractivity contribution < 1.29 is 19.8 Å². The molecule has 4 heteroatoms. The molecule has 0 unspecified atom stereocenters. The van der Waals surface area contributed by atoms with Crippen molar-refractivity contribution in [1.29, 1.82) is 0 Å². The lowest BCUT2D eigenvalue weighted by Crippen LogP contribution is -1.77. The third kappa shape index (κ3) is 11.3. The standard InChI is InChI=1S/C2H2O3.HO/c3-1-5-2-4;/h1-2H;1H. The molecule has 0 spiro atoms. The van der Waals surface area contributed by atoms with Crippen LogP contribution in [0.5, 0.6) is 0 Å². The molecule has 6 heavy (non-hydrogen) atoms. The summed E-state index contributed by atoms with van der Waals surface area (Å²) >= 11 is 0. The van der Waals surface area contributed by atoms with E-state index in [1.54, 1.807) is 0 Å². The van der Waals surface area contributed by atoms with E-state index in [0.29, 0.717) is 0 Å². The molecule has 0 aromatic rings. The zero-order chi connectivity index (χ0) is 4.12. The van der Waals surface area contributed by atoms with Crippen LogP contribution in [0, 0.1) is 0 Å². The Morgan fingerprint density at radius 1 is 1.17 bits per heavy atom. The summed E-state index contributed by atoms with van der Waals surface area (Å²) in [7, 11) is 0. The summed E-state index contributed by atoms with van der Waals surface area (Å²) in [4.78, 5) is 17.9. The monoisotopic (exact) mass is 91.0 g/mol. The van der Waals surface area contributed by atoms with Gasteiger partial charge in [-0.3, -0.25) is 15.1 Å². The van der Waals surface area contributed by atoms with Crippen molar-refractivity contribution in [3.05, 3.63) is 0 Å². The van der Waals surface area contributed by atoms with Crippen LogP contribution >= 0.6 is 0 Å². The van der Waals surface area contributed by atoms with Crippen LogP contribution in [0.3, 0.4) is 0 Å². The Morgan fingerprint density at radius 3 is 1.50 bits per heavy atom. The van der Waals surface area contributed by atoms with Gasteiger partial charge in [-0.2, -0.15) is 0 Å². The number of carbonyl (C=O) groups is 2. The van der Waals surface area contributed by atoms with E-state index >= 15 is 0 Å². The van der Waals surface area contributed by atoms with Gasteiger partial charge in [-0.15, -0.1) is 0 Å². The van der Waals surface area contributed by atoms with E-state index in [9.17, 15) is 0 Å². The summed E-state index contributed by atoms with van der Waals surface area (Å²) < 4.78 is 3.47. The fourth-order valence-electron chi connectivity index (χ4n) is 0.0227. The summed E-state index contributed by atoms with van der Waals surface area (Å²) in [5, 5.41) is 0. The Kier molecular flexibility index (Phi) is 13.3. The predicted molar refractivity (Wildman–Crippen MR) is 15.1 cm³/mol. The lowest BCUT2D eigenvalue weighted by Gasteiger charge is -1.65. The lowest BCUT2D eigenvalue weighted by molar-refractivity contribution is -0.141. The molecular weight excluding hydrogens is 88.0 g/mol. The number of hydrogen-bond donors (Lipinski definition) is 1. The molecule has 0 heterocycles. The smallest absolute Gasteiger partial charge is 0.300 e. The first kappa shape index (κ1) is 8.92. The van der Waals surface area contributed by atoms with E-state index in [-0.39, 0.29) is 18.4 Å². The molecule has 0 aliphatic carbocycles. The number of ether oxygens (including phenoxy) is 1. The van der Waals surface area contributed by atoms with Gasteiger partial charge in [0.2, 0.25) is 0 Å². The Hall–Kier alpha value is -0.900. The van der Waals surface area contributed by atoms with Gasteiger partial charge in [0, 0.05) is 0 Å². The zero-order valence-corrected chi connectivity index (χ0v) is 2.83. The highest BCUT2D eigenvalue weighted by atomic mass is 16.6. The van der Waals surface area contributed by atoms with Gasteiger partial charge in [0.05, 0.1) is 0 Å². The van der Waals surface area contributed by atoms with Gasteiger partial charge in [-0.25, -0.2) is 0 Å². The third-order valence-electron chi connectivity index (χ3n) is 0.111. The summed E-state index contributed by atoms with van der Waals surface area (Å²) in [6.07, 6.45) is 0. The predicted octanol–water partition coefficient (Wildman–Crippen LogP) is -0.861.